The first kappa shape index (κ1) is 13.1. The third kappa shape index (κ3) is 3.31. The zero-order valence-electron chi connectivity index (χ0n) is 10.2. The predicted molar refractivity (Wildman–Crippen MR) is 67.7 cm³/mol. The summed E-state index contributed by atoms with van der Waals surface area (Å²) in [5, 5.41) is 13.6. The summed E-state index contributed by atoms with van der Waals surface area (Å²) in [6, 6.07) is 6.98. The van der Waals surface area contributed by atoms with E-state index < -0.39 is 5.97 Å². The predicted octanol–water partition coefficient (Wildman–Crippen LogP) is 0.703. The van der Waals surface area contributed by atoms with Crippen molar-refractivity contribution in [1.29, 1.82) is 0 Å². The Morgan fingerprint density at radius 2 is 2.00 bits per heavy atom. The molecule has 0 aliphatic carbocycles. The number of carboxylic acids is 1. The van der Waals surface area contributed by atoms with Crippen molar-refractivity contribution in [2.45, 2.75) is 18.8 Å². The molecule has 1 aliphatic rings. The van der Waals surface area contributed by atoms with Crippen LogP contribution in [0, 0.1) is 0 Å². The monoisotopic (exact) mass is 262 g/mol. The zero-order chi connectivity index (χ0) is 13.8. The molecule has 1 aliphatic heterocycles. The number of rotatable bonds is 4. The van der Waals surface area contributed by atoms with E-state index in [0.29, 0.717) is 18.5 Å². The van der Waals surface area contributed by atoms with Crippen LogP contribution in [0.25, 0.3) is 0 Å². The summed E-state index contributed by atoms with van der Waals surface area (Å²) in [4.78, 5) is 33.1. The minimum atomic E-state index is -0.936. The molecule has 3 N–H and O–H groups in total. The molecule has 1 saturated heterocycles. The third-order valence-electron chi connectivity index (χ3n) is 3.00. The van der Waals surface area contributed by atoms with Crippen LogP contribution in [0.15, 0.2) is 24.3 Å². The fourth-order valence-corrected chi connectivity index (χ4v) is 2.02. The van der Waals surface area contributed by atoms with E-state index in [2.05, 4.69) is 10.6 Å². The minimum Gasteiger partial charge on any atom is -0.480 e. The maximum absolute atomic E-state index is 11.7. The van der Waals surface area contributed by atoms with Crippen LogP contribution in [-0.4, -0.2) is 29.4 Å². The second-order valence-corrected chi connectivity index (χ2v) is 4.37. The van der Waals surface area contributed by atoms with E-state index in [0.717, 1.165) is 5.56 Å². The largest absolute Gasteiger partial charge is 0.480 e. The van der Waals surface area contributed by atoms with Gasteiger partial charge in [-0.25, -0.2) is 0 Å². The van der Waals surface area contributed by atoms with Crippen LogP contribution in [0.1, 0.15) is 24.3 Å². The van der Waals surface area contributed by atoms with Crippen molar-refractivity contribution in [3.8, 4) is 0 Å². The van der Waals surface area contributed by atoms with Gasteiger partial charge in [-0.15, -0.1) is 0 Å². The second kappa shape index (κ2) is 5.51. The first-order valence-corrected chi connectivity index (χ1v) is 5.95. The maximum atomic E-state index is 11.7. The van der Waals surface area contributed by atoms with Crippen LogP contribution >= 0.6 is 0 Å². The number of nitrogens with one attached hydrogen (secondary N) is 2. The van der Waals surface area contributed by atoms with Gasteiger partial charge in [0.05, 0.1) is 5.92 Å². The lowest BCUT2D eigenvalue weighted by atomic mass is 9.90. The Morgan fingerprint density at radius 3 is 2.58 bits per heavy atom. The molecule has 0 aromatic heterocycles. The quantitative estimate of drug-likeness (QED) is 0.694. The summed E-state index contributed by atoms with van der Waals surface area (Å²) < 4.78 is 0. The molecular formula is C13H14N2O4. The number of benzene rings is 1. The number of amides is 2. The lowest BCUT2D eigenvalue weighted by Gasteiger charge is -2.21. The lowest BCUT2D eigenvalue weighted by Crippen LogP contribution is -2.39. The van der Waals surface area contributed by atoms with Crippen LogP contribution in [0.3, 0.4) is 0 Å². The number of carbonyl (C=O) groups is 3. The van der Waals surface area contributed by atoms with Gasteiger partial charge in [-0.1, -0.05) is 12.1 Å². The minimum absolute atomic E-state index is 0.155. The van der Waals surface area contributed by atoms with Crippen molar-refractivity contribution in [2.24, 2.45) is 0 Å². The number of anilines is 1. The summed E-state index contributed by atoms with van der Waals surface area (Å²) in [6.07, 6.45) is 0.849. The molecule has 1 heterocycles. The van der Waals surface area contributed by atoms with Gasteiger partial charge in [-0.2, -0.15) is 0 Å². The van der Waals surface area contributed by atoms with Gasteiger partial charge in [0.15, 0.2) is 0 Å². The molecule has 19 heavy (non-hydrogen) atoms. The van der Waals surface area contributed by atoms with Gasteiger partial charge >= 0.3 is 5.97 Å². The van der Waals surface area contributed by atoms with Crippen LogP contribution in [0.5, 0.6) is 0 Å². The maximum Gasteiger partial charge on any atom is 0.322 e. The molecule has 1 unspecified atom stereocenters. The molecule has 100 valence electrons. The molecule has 6 heteroatoms. The summed E-state index contributed by atoms with van der Waals surface area (Å²) in [7, 11) is 0. The van der Waals surface area contributed by atoms with E-state index in [1.165, 1.54) is 0 Å². The Balaban J connectivity index is 2.03. The fourth-order valence-electron chi connectivity index (χ4n) is 2.02. The van der Waals surface area contributed by atoms with E-state index in [1.807, 2.05) is 0 Å². The topological polar surface area (TPSA) is 95.5 Å². The second-order valence-electron chi connectivity index (χ2n) is 4.37. The van der Waals surface area contributed by atoms with E-state index in [-0.39, 0.29) is 24.3 Å². The van der Waals surface area contributed by atoms with Crippen molar-refractivity contribution in [3.05, 3.63) is 29.8 Å². The van der Waals surface area contributed by atoms with Gasteiger partial charge in [-0.05, 0) is 24.1 Å². The number of carboxylic acid groups (broad SMARTS) is 1. The van der Waals surface area contributed by atoms with Gasteiger partial charge in [0.25, 0.3) is 0 Å². The average molecular weight is 262 g/mol. The molecular weight excluding hydrogens is 248 g/mol. The first-order valence-electron chi connectivity index (χ1n) is 5.95. The molecule has 0 spiro atoms. The van der Waals surface area contributed by atoms with Crippen LogP contribution in [-0.2, 0) is 14.4 Å². The Morgan fingerprint density at radius 1 is 1.32 bits per heavy atom. The normalized spacial score (nSPS) is 18.8. The SMILES string of the molecule is O=C(O)CNc1ccc(C2CCC(=O)NC2=O)cc1. The lowest BCUT2D eigenvalue weighted by molar-refractivity contribution is -0.135. The van der Waals surface area contributed by atoms with Gasteiger partial charge in [0, 0.05) is 12.1 Å². The van der Waals surface area contributed by atoms with Crippen molar-refractivity contribution in [1.82, 2.24) is 5.32 Å². The van der Waals surface area contributed by atoms with Crippen molar-refractivity contribution in [3.63, 3.8) is 0 Å². The third-order valence-corrected chi connectivity index (χ3v) is 3.00. The molecule has 1 aromatic carbocycles. The molecule has 0 radical (unpaired) electrons. The molecule has 2 rings (SSSR count). The van der Waals surface area contributed by atoms with Crippen LogP contribution in [0.4, 0.5) is 5.69 Å². The Hall–Kier alpha value is -2.37. The van der Waals surface area contributed by atoms with E-state index in [9.17, 15) is 14.4 Å². The van der Waals surface area contributed by atoms with Crippen LogP contribution in [0.2, 0.25) is 0 Å². The van der Waals surface area contributed by atoms with Gasteiger partial charge < -0.3 is 10.4 Å². The smallest absolute Gasteiger partial charge is 0.322 e. The highest BCUT2D eigenvalue weighted by molar-refractivity contribution is 6.00. The summed E-state index contributed by atoms with van der Waals surface area (Å²) in [6.45, 7) is -0.155. The molecule has 6 nitrogen and oxygen atoms in total. The van der Waals surface area contributed by atoms with Crippen molar-refractivity contribution < 1.29 is 19.5 Å². The zero-order valence-corrected chi connectivity index (χ0v) is 10.2. The average Bonchev–Trinajstić information content (AvgIpc) is 2.37. The molecule has 2 amide bonds. The number of aliphatic carboxylic acids is 1. The van der Waals surface area contributed by atoms with Gasteiger partial charge in [0.2, 0.25) is 11.8 Å². The Labute approximate surface area is 109 Å². The molecule has 1 atom stereocenters. The Kier molecular flexibility index (Phi) is 3.79. The molecule has 1 fully saturated rings. The number of hydrogen-bond acceptors (Lipinski definition) is 4. The highest BCUT2D eigenvalue weighted by Gasteiger charge is 2.27. The van der Waals surface area contributed by atoms with E-state index in [4.69, 9.17) is 5.11 Å². The van der Waals surface area contributed by atoms with Crippen molar-refractivity contribution in [2.75, 3.05) is 11.9 Å². The number of imide groups is 1. The highest BCUT2D eigenvalue weighted by Crippen LogP contribution is 2.25. The van der Waals surface area contributed by atoms with Gasteiger partial charge in [0.1, 0.15) is 6.54 Å². The van der Waals surface area contributed by atoms with Gasteiger partial charge in [-0.3, -0.25) is 19.7 Å². The number of hydrogen-bond donors (Lipinski definition) is 3. The fraction of sp³-hybridized carbons (Fsp3) is 0.308. The summed E-state index contributed by atoms with van der Waals surface area (Å²) in [5.41, 5.74) is 1.50. The summed E-state index contributed by atoms with van der Waals surface area (Å²) >= 11 is 0. The molecule has 1 aromatic rings. The number of piperidine rings is 1. The van der Waals surface area contributed by atoms with E-state index >= 15 is 0 Å². The summed E-state index contributed by atoms with van der Waals surface area (Å²) in [5.74, 6) is -1.76. The molecule has 0 saturated carbocycles. The molecule has 0 bridgehead atoms. The number of carbonyl (C=O) groups excluding carboxylic acids is 2. The Bertz CT molecular complexity index is 510. The first-order chi connectivity index (χ1) is 9.06. The van der Waals surface area contributed by atoms with Crippen LogP contribution < -0.4 is 10.6 Å². The van der Waals surface area contributed by atoms with E-state index in [1.54, 1.807) is 24.3 Å². The standard InChI is InChI=1S/C13H14N2O4/c16-11-6-5-10(13(19)15-11)8-1-3-9(4-2-8)14-7-12(17)18/h1-4,10,14H,5-7H2,(H,17,18)(H,15,16,19). The van der Waals surface area contributed by atoms with Crippen molar-refractivity contribution >= 4 is 23.5 Å². The highest BCUT2D eigenvalue weighted by atomic mass is 16.4.